The molecule has 1 saturated carbocycles. The standard InChI is InChI=1S/C13H17BrN2O/c1-9-11(14)6-7-12(15-9)16-13(17)8-10-4-2-3-5-10/h6-7,10H,2-5,8H2,1H3,(H,15,16,17). The van der Waals surface area contributed by atoms with Crippen LogP contribution in [0.25, 0.3) is 0 Å². The Balaban J connectivity index is 1.90. The van der Waals surface area contributed by atoms with E-state index in [4.69, 9.17) is 0 Å². The molecule has 0 bridgehead atoms. The molecule has 2 rings (SSSR count). The second-order valence-corrected chi connectivity index (χ2v) is 5.52. The molecule has 1 fully saturated rings. The fraction of sp³-hybridized carbons (Fsp3) is 0.538. The molecule has 92 valence electrons. The summed E-state index contributed by atoms with van der Waals surface area (Å²) >= 11 is 3.39. The van der Waals surface area contributed by atoms with Crippen molar-refractivity contribution in [2.75, 3.05) is 5.32 Å². The van der Waals surface area contributed by atoms with Crippen LogP contribution in [0.15, 0.2) is 16.6 Å². The van der Waals surface area contributed by atoms with Gasteiger partial charge in [-0.2, -0.15) is 0 Å². The van der Waals surface area contributed by atoms with Gasteiger partial charge in [-0.15, -0.1) is 0 Å². The summed E-state index contributed by atoms with van der Waals surface area (Å²) in [7, 11) is 0. The molecule has 0 aliphatic heterocycles. The number of nitrogens with zero attached hydrogens (tertiary/aromatic N) is 1. The first-order chi connectivity index (χ1) is 8.15. The highest BCUT2D eigenvalue weighted by Crippen LogP contribution is 2.27. The number of carbonyl (C=O) groups excluding carboxylic acids is 1. The van der Waals surface area contributed by atoms with E-state index in [1.807, 2.05) is 19.1 Å². The summed E-state index contributed by atoms with van der Waals surface area (Å²) in [5.41, 5.74) is 0.892. The van der Waals surface area contributed by atoms with E-state index in [1.165, 1.54) is 25.7 Å². The molecule has 1 aromatic rings. The van der Waals surface area contributed by atoms with Gasteiger partial charge in [0.2, 0.25) is 5.91 Å². The summed E-state index contributed by atoms with van der Waals surface area (Å²) in [4.78, 5) is 16.1. The zero-order chi connectivity index (χ0) is 12.3. The third-order valence-electron chi connectivity index (χ3n) is 3.24. The van der Waals surface area contributed by atoms with Crippen molar-refractivity contribution >= 4 is 27.7 Å². The highest BCUT2D eigenvalue weighted by atomic mass is 79.9. The number of aryl methyl sites for hydroxylation is 1. The molecule has 0 aromatic carbocycles. The van der Waals surface area contributed by atoms with Crippen molar-refractivity contribution in [2.24, 2.45) is 5.92 Å². The van der Waals surface area contributed by atoms with Crippen LogP contribution in [-0.4, -0.2) is 10.9 Å². The van der Waals surface area contributed by atoms with Gasteiger partial charge in [0.25, 0.3) is 0 Å². The first kappa shape index (κ1) is 12.6. The minimum Gasteiger partial charge on any atom is -0.311 e. The average Bonchev–Trinajstić information content (AvgIpc) is 2.76. The summed E-state index contributed by atoms with van der Waals surface area (Å²) in [5.74, 6) is 1.31. The van der Waals surface area contributed by atoms with Crippen molar-refractivity contribution in [1.29, 1.82) is 0 Å². The molecule has 0 atom stereocenters. The average molecular weight is 297 g/mol. The third-order valence-corrected chi connectivity index (χ3v) is 4.08. The van der Waals surface area contributed by atoms with Gasteiger partial charge in [-0.3, -0.25) is 4.79 Å². The summed E-state index contributed by atoms with van der Waals surface area (Å²) < 4.78 is 0.964. The second kappa shape index (κ2) is 5.63. The Kier molecular flexibility index (Phi) is 4.15. The van der Waals surface area contributed by atoms with E-state index in [1.54, 1.807) is 0 Å². The van der Waals surface area contributed by atoms with Crippen LogP contribution >= 0.6 is 15.9 Å². The summed E-state index contributed by atoms with van der Waals surface area (Å²) in [6.45, 7) is 1.91. The molecule has 0 unspecified atom stereocenters. The van der Waals surface area contributed by atoms with Crippen LogP contribution in [0.4, 0.5) is 5.82 Å². The summed E-state index contributed by atoms with van der Waals surface area (Å²) in [5, 5.41) is 2.87. The van der Waals surface area contributed by atoms with Crippen LogP contribution in [0.2, 0.25) is 0 Å². The molecule has 3 nitrogen and oxygen atoms in total. The largest absolute Gasteiger partial charge is 0.311 e. The van der Waals surface area contributed by atoms with Gasteiger partial charge < -0.3 is 5.32 Å². The number of pyridine rings is 1. The molecule has 1 aromatic heterocycles. The lowest BCUT2D eigenvalue weighted by Crippen LogP contribution is -2.16. The molecule has 1 amide bonds. The van der Waals surface area contributed by atoms with Gasteiger partial charge in [0.15, 0.2) is 0 Å². The second-order valence-electron chi connectivity index (χ2n) is 4.67. The maximum absolute atomic E-state index is 11.8. The molecule has 1 aliphatic rings. The van der Waals surface area contributed by atoms with E-state index in [0.29, 0.717) is 18.2 Å². The van der Waals surface area contributed by atoms with Gasteiger partial charge in [0.1, 0.15) is 5.82 Å². The Morgan fingerprint density at radius 3 is 2.82 bits per heavy atom. The van der Waals surface area contributed by atoms with Crippen molar-refractivity contribution in [3.05, 3.63) is 22.3 Å². The van der Waals surface area contributed by atoms with Crippen LogP contribution in [0.3, 0.4) is 0 Å². The first-order valence-electron chi connectivity index (χ1n) is 6.08. The van der Waals surface area contributed by atoms with Crippen molar-refractivity contribution in [3.63, 3.8) is 0 Å². The van der Waals surface area contributed by atoms with E-state index >= 15 is 0 Å². The minimum absolute atomic E-state index is 0.0890. The Hall–Kier alpha value is -0.900. The molecule has 0 saturated heterocycles. The van der Waals surface area contributed by atoms with Gasteiger partial charge in [-0.1, -0.05) is 12.8 Å². The maximum atomic E-state index is 11.8. The number of nitrogens with one attached hydrogen (secondary N) is 1. The number of rotatable bonds is 3. The van der Waals surface area contributed by atoms with Crippen molar-refractivity contribution in [1.82, 2.24) is 4.98 Å². The summed E-state index contributed by atoms with van der Waals surface area (Å²) in [6, 6.07) is 3.73. The third kappa shape index (κ3) is 3.53. The predicted molar refractivity (Wildman–Crippen MR) is 71.9 cm³/mol. The Morgan fingerprint density at radius 2 is 2.18 bits per heavy atom. The van der Waals surface area contributed by atoms with Gasteiger partial charge >= 0.3 is 0 Å². The lowest BCUT2D eigenvalue weighted by Gasteiger charge is -2.09. The number of hydrogen-bond acceptors (Lipinski definition) is 2. The molecule has 1 heterocycles. The van der Waals surface area contributed by atoms with Crippen LogP contribution in [0.1, 0.15) is 37.8 Å². The normalized spacial score (nSPS) is 16.1. The molecule has 0 radical (unpaired) electrons. The van der Waals surface area contributed by atoms with Crippen LogP contribution < -0.4 is 5.32 Å². The van der Waals surface area contributed by atoms with Gasteiger partial charge in [-0.05, 0) is 53.7 Å². The molecule has 1 N–H and O–H groups in total. The lowest BCUT2D eigenvalue weighted by atomic mass is 10.0. The van der Waals surface area contributed by atoms with E-state index in [-0.39, 0.29) is 5.91 Å². The SMILES string of the molecule is Cc1nc(NC(=O)CC2CCCC2)ccc1Br. The molecular weight excluding hydrogens is 280 g/mol. The van der Waals surface area contributed by atoms with Crippen molar-refractivity contribution < 1.29 is 4.79 Å². The zero-order valence-electron chi connectivity index (χ0n) is 10.0. The predicted octanol–water partition coefficient (Wildman–Crippen LogP) is 3.67. The quantitative estimate of drug-likeness (QED) is 0.925. The minimum atomic E-state index is 0.0890. The lowest BCUT2D eigenvalue weighted by molar-refractivity contribution is -0.117. The monoisotopic (exact) mass is 296 g/mol. The first-order valence-corrected chi connectivity index (χ1v) is 6.87. The Morgan fingerprint density at radius 1 is 1.47 bits per heavy atom. The van der Waals surface area contributed by atoms with E-state index in [0.717, 1.165) is 10.2 Å². The molecule has 17 heavy (non-hydrogen) atoms. The topological polar surface area (TPSA) is 42.0 Å². The van der Waals surface area contributed by atoms with E-state index < -0.39 is 0 Å². The number of carbonyl (C=O) groups is 1. The zero-order valence-corrected chi connectivity index (χ0v) is 11.6. The number of anilines is 1. The number of amides is 1. The molecule has 1 aliphatic carbocycles. The fourth-order valence-corrected chi connectivity index (χ4v) is 2.51. The van der Waals surface area contributed by atoms with Crippen LogP contribution in [0, 0.1) is 12.8 Å². The molecule has 4 heteroatoms. The number of aromatic nitrogens is 1. The van der Waals surface area contributed by atoms with Crippen molar-refractivity contribution in [2.45, 2.75) is 39.0 Å². The van der Waals surface area contributed by atoms with Gasteiger partial charge in [-0.25, -0.2) is 4.98 Å². The fourth-order valence-electron chi connectivity index (χ4n) is 2.28. The molecule has 0 spiro atoms. The van der Waals surface area contributed by atoms with Crippen molar-refractivity contribution in [3.8, 4) is 0 Å². The molecular formula is C13H17BrN2O. The highest BCUT2D eigenvalue weighted by molar-refractivity contribution is 9.10. The van der Waals surface area contributed by atoms with Crippen LogP contribution in [-0.2, 0) is 4.79 Å². The Labute approximate surface area is 110 Å². The highest BCUT2D eigenvalue weighted by Gasteiger charge is 2.18. The van der Waals surface area contributed by atoms with E-state index in [9.17, 15) is 4.79 Å². The van der Waals surface area contributed by atoms with Gasteiger partial charge in [0, 0.05) is 10.9 Å². The smallest absolute Gasteiger partial charge is 0.225 e. The van der Waals surface area contributed by atoms with Crippen LogP contribution in [0.5, 0.6) is 0 Å². The maximum Gasteiger partial charge on any atom is 0.225 e. The van der Waals surface area contributed by atoms with Gasteiger partial charge in [0.05, 0.1) is 5.69 Å². The van der Waals surface area contributed by atoms with E-state index in [2.05, 4.69) is 26.2 Å². The number of hydrogen-bond donors (Lipinski definition) is 1. The number of halogens is 1. The Bertz CT molecular complexity index is 414. The summed E-state index contributed by atoms with van der Waals surface area (Å²) in [6.07, 6.45) is 5.57.